The molecule has 0 bridgehead atoms. The summed E-state index contributed by atoms with van der Waals surface area (Å²) in [6, 6.07) is 12.1. The van der Waals surface area contributed by atoms with Gasteiger partial charge in [-0.1, -0.05) is 30.3 Å². The maximum atomic E-state index is 9.04. The van der Waals surface area contributed by atoms with Crippen LogP contribution in [0.5, 0.6) is 0 Å². The van der Waals surface area contributed by atoms with Crippen molar-refractivity contribution < 1.29 is 0 Å². The fraction of sp³-hybridized carbons (Fsp3) is 0.0833. The Bertz CT molecular complexity index is 497. The van der Waals surface area contributed by atoms with E-state index in [0.717, 1.165) is 26.7 Å². The summed E-state index contributed by atoms with van der Waals surface area (Å²) in [7, 11) is 0. The first kappa shape index (κ1) is 9.23. The lowest BCUT2D eigenvalue weighted by atomic mass is 10.1. The highest BCUT2D eigenvalue weighted by Crippen LogP contribution is 2.38. The minimum Gasteiger partial charge on any atom is -0.192 e. The van der Waals surface area contributed by atoms with E-state index in [1.54, 1.807) is 0 Å². The van der Waals surface area contributed by atoms with Gasteiger partial charge in [0.25, 0.3) is 0 Å². The summed E-state index contributed by atoms with van der Waals surface area (Å²) in [5.74, 6) is 0. The van der Waals surface area contributed by atoms with E-state index in [1.807, 2.05) is 37.3 Å². The highest BCUT2D eigenvalue weighted by molar-refractivity contribution is 9.10. The molecule has 1 nitrogen and oxygen atoms in total. The molecular formula is C12H8BrN. The molecule has 2 aliphatic rings. The van der Waals surface area contributed by atoms with Crippen LogP contribution >= 0.6 is 15.9 Å². The van der Waals surface area contributed by atoms with Crippen LogP contribution in [0, 0.1) is 18.3 Å². The Morgan fingerprint density at radius 3 is 2.43 bits per heavy atom. The summed E-state index contributed by atoms with van der Waals surface area (Å²) in [6.07, 6.45) is 0. The normalized spacial score (nSPS) is 10.1. The number of halogens is 1. The first-order valence-electron chi connectivity index (χ1n) is 4.32. The Morgan fingerprint density at radius 1 is 1.14 bits per heavy atom. The van der Waals surface area contributed by atoms with Gasteiger partial charge in [-0.15, -0.1) is 0 Å². The van der Waals surface area contributed by atoms with Gasteiger partial charge in [0.2, 0.25) is 0 Å². The number of rotatable bonds is 0. The summed E-state index contributed by atoms with van der Waals surface area (Å²) in [5.41, 5.74) is 3.91. The average Bonchev–Trinajstić information content (AvgIpc) is 2.40. The molecule has 2 aliphatic carbocycles. The van der Waals surface area contributed by atoms with E-state index in [2.05, 4.69) is 22.0 Å². The Kier molecular flexibility index (Phi) is 2.26. The molecule has 0 aromatic rings. The summed E-state index contributed by atoms with van der Waals surface area (Å²) >= 11 is 3.51. The van der Waals surface area contributed by atoms with Gasteiger partial charge in [-0.25, -0.2) is 0 Å². The van der Waals surface area contributed by atoms with Crippen LogP contribution in [0.15, 0.2) is 34.8 Å². The molecule has 0 saturated heterocycles. The summed E-state index contributed by atoms with van der Waals surface area (Å²) < 4.78 is 1.03. The van der Waals surface area contributed by atoms with Crippen LogP contribution in [0.3, 0.4) is 0 Å². The van der Waals surface area contributed by atoms with E-state index in [9.17, 15) is 0 Å². The van der Waals surface area contributed by atoms with Crippen molar-refractivity contribution in [2.75, 3.05) is 0 Å². The lowest BCUT2D eigenvalue weighted by Crippen LogP contribution is -1.74. The molecule has 0 amide bonds. The zero-order valence-electron chi connectivity index (χ0n) is 7.71. The molecule has 0 unspecified atom stereocenters. The minimum atomic E-state index is 0.767. The van der Waals surface area contributed by atoms with Crippen molar-refractivity contribution in [2.24, 2.45) is 0 Å². The van der Waals surface area contributed by atoms with Gasteiger partial charge < -0.3 is 0 Å². The Balaban J connectivity index is 2.89. The Labute approximate surface area is 91.5 Å². The third-order valence-corrected chi connectivity index (χ3v) is 3.38. The highest BCUT2D eigenvalue weighted by atomic mass is 79.9. The topological polar surface area (TPSA) is 23.8 Å². The van der Waals surface area contributed by atoms with Gasteiger partial charge in [-0.3, -0.25) is 0 Å². The summed E-state index contributed by atoms with van der Waals surface area (Å²) in [6.45, 7) is 1.96. The molecule has 68 valence electrons. The van der Waals surface area contributed by atoms with Crippen molar-refractivity contribution in [1.29, 1.82) is 5.26 Å². The predicted molar refractivity (Wildman–Crippen MR) is 60.2 cm³/mol. The molecule has 2 heteroatoms. The second-order valence-electron chi connectivity index (χ2n) is 3.16. The van der Waals surface area contributed by atoms with Crippen LogP contribution in [0.2, 0.25) is 0 Å². The molecule has 0 aliphatic heterocycles. The fourth-order valence-electron chi connectivity index (χ4n) is 1.61. The first-order valence-corrected chi connectivity index (χ1v) is 5.12. The third kappa shape index (κ3) is 1.21. The summed E-state index contributed by atoms with van der Waals surface area (Å²) in [4.78, 5) is 0. The van der Waals surface area contributed by atoms with Crippen molar-refractivity contribution in [3.63, 3.8) is 0 Å². The molecule has 14 heavy (non-hydrogen) atoms. The van der Waals surface area contributed by atoms with E-state index in [1.165, 1.54) is 0 Å². The number of hydrogen-bond acceptors (Lipinski definition) is 1. The van der Waals surface area contributed by atoms with Gasteiger partial charge in [-0.05, 0) is 34.0 Å². The van der Waals surface area contributed by atoms with Gasteiger partial charge in [-0.2, -0.15) is 5.26 Å². The van der Waals surface area contributed by atoms with Crippen molar-refractivity contribution in [3.05, 3.63) is 45.9 Å². The molecule has 0 aromatic carbocycles. The van der Waals surface area contributed by atoms with E-state index in [-0.39, 0.29) is 0 Å². The number of fused-ring (bicyclic) bond motifs is 1. The molecule has 0 atom stereocenters. The number of hydrogen-bond donors (Lipinski definition) is 0. The zero-order valence-corrected chi connectivity index (χ0v) is 9.30. The molecule has 0 saturated carbocycles. The fourth-order valence-corrected chi connectivity index (χ4v) is 2.16. The van der Waals surface area contributed by atoms with Crippen LogP contribution < -0.4 is 0 Å². The van der Waals surface area contributed by atoms with Crippen molar-refractivity contribution in [2.45, 2.75) is 6.92 Å². The molecule has 2 rings (SSSR count). The summed E-state index contributed by atoms with van der Waals surface area (Å²) in [5, 5.41) is 9.04. The van der Waals surface area contributed by atoms with Crippen molar-refractivity contribution >= 4 is 15.9 Å². The van der Waals surface area contributed by atoms with Gasteiger partial charge in [0.05, 0.1) is 5.56 Å². The molecule has 0 heterocycles. The van der Waals surface area contributed by atoms with Crippen LogP contribution in [-0.4, -0.2) is 0 Å². The van der Waals surface area contributed by atoms with Gasteiger partial charge >= 0.3 is 0 Å². The average molecular weight is 246 g/mol. The van der Waals surface area contributed by atoms with Crippen molar-refractivity contribution in [1.82, 2.24) is 0 Å². The Hall–Kier alpha value is -1.33. The molecule has 0 N–H and O–H groups in total. The molecule has 0 aromatic heterocycles. The first-order chi connectivity index (χ1) is 6.75. The SMILES string of the molecule is Cc1c(Br)c2cccccc-2c1C#N. The van der Waals surface area contributed by atoms with Gasteiger partial charge in [0.1, 0.15) is 6.07 Å². The van der Waals surface area contributed by atoms with Gasteiger partial charge in [0.15, 0.2) is 0 Å². The molecular weight excluding hydrogens is 238 g/mol. The highest BCUT2D eigenvalue weighted by Gasteiger charge is 2.16. The van der Waals surface area contributed by atoms with Crippen LogP contribution in [0.25, 0.3) is 11.1 Å². The van der Waals surface area contributed by atoms with Crippen molar-refractivity contribution in [3.8, 4) is 17.2 Å². The predicted octanol–water partition coefficient (Wildman–Crippen LogP) is 3.73. The molecule has 0 radical (unpaired) electrons. The minimum absolute atomic E-state index is 0.767. The standard InChI is InChI=1S/C12H8BrN/c1-8-11(7-14)9-5-3-2-4-6-10(9)12(8)13/h2-6H,1H3. The van der Waals surface area contributed by atoms with Crippen LogP contribution in [0.4, 0.5) is 0 Å². The molecule has 0 spiro atoms. The van der Waals surface area contributed by atoms with E-state index in [0.29, 0.717) is 0 Å². The quantitative estimate of drug-likeness (QED) is 0.694. The smallest absolute Gasteiger partial charge is 0.100 e. The molecule has 0 fully saturated rings. The monoisotopic (exact) mass is 245 g/mol. The third-order valence-electron chi connectivity index (χ3n) is 2.36. The largest absolute Gasteiger partial charge is 0.192 e. The van der Waals surface area contributed by atoms with E-state index < -0.39 is 0 Å². The lowest BCUT2D eigenvalue weighted by molar-refractivity contribution is 1.44. The maximum Gasteiger partial charge on any atom is 0.100 e. The van der Waals surface area contributed by atoms with E-state index >= 15 is 0 Å². The van der Waals surface area contributed by atoms with Gasteiger partial charge in [0, 0.05) is 10.0 Å². The van der Waals surface area contributed by atoms with Crippen LogP contribution in [0.1, 0.15) is 11.1 Å². The second kappa shape index (κ2) is 3.43. The zero-order chi connectivity index (χ0) is 10.1. The number of nitriles is 1. The lowest BCUT2D eigenvalue weighted by Gasteiger charge is -1.91. The second-order valence-corrected chi connectivity index (χ2v) is 3.96. The number of nitrogens with zero attached hydrogens (tertiary/aromatic N) is 1. The Morgan fingerprint density at radius 2 is 1.79 bits per heavy atom. The maximum absolute atomic E-state index is 9.04. The van der Waals surface area contributed by atoms with Crippen LogP contribution in [-0.2, 0) is 0 Å². The van der Waals surface area contributed by atoms with E-state index in [4.69, 9.17) is 5.26 Å².